The summed E-state index contributed by atoms with van der Waals surface area (Å²) in [6, 6.07) is 7.21. The van der Waals surface area contributed by atoms with E-state index < -0.39 is 5.82 Å². The summed E-state index contributed by atoms with van der Waals surface area (Å²) in [6.07, 6.45) is 1.11. The first-order valence-electron chi connectivity index (χ1n) is 4.99. The number of hydrogen-bond donors (Lipinski definition) is 1. The fourth-order valence-electron chi connectivity index (χ4n) is 1.62. The number of hydrogen-bond acceptors (Lipinski definition) is 2. The molecule has 3 rings (SSSR count). The zero-order chi connectivity index (χ0) is 11.8. The van der Waals surface area contributed by atoms with E-state index in [4.69, 9.17) is 0 Å². The lowest BCUT2D eigenvalue weighted by Crippen LogP contribution is -1.80. The summed E-state index contributed by atoms with van der Waals surface area (Å²) >= 11 is 0. The summed E-state index contributed by atoms with van der Waals surface area (Å²) in [7, 11) is 0. The summed E-state index contributed by atoms with van der Waals surface area (Å²) in [5.41, 5.74) is 1.68. The minimum atomic E-state index is -0.424. The molecule has 0 radical (unpaired) electrons. The third-order valence-corrected chi connectivity index (χ3v) is 2.42. The quantitative estimate of drug-likeness (QED) is 0.699. The van der Waals surface area contributed by atoms with E-state index in [1.54, 1.807) is 12.1 Å². The van der Waals surface area contributed by atoms with Gasteiger partial charge in [-0.2, -0.15) is 0 Å². The average molecular weight is 231 g/mol. The highest BCUT2D eigenvalue weighted by atomic mass is 19.1. The Hall–Kier alpha value is -2.30. The first kappa shape index (κ1) is 9.89. The second-order valence-corrected chi connectivity index (χ2v) is 3.62. The van der Waals surface area contributed by atoms with Crippen LogP contribution in [0.5, 0.6) is 0 Å². The molecule has 1 aromatic carbocycles. The van der Waals surface area contributed by atoms with E-state index in [9.17, 15) is 8.78 Å². The molecule has 0 bridgehead atoms. The van der Waals surface area contributed by atoms with Gasteiger partial charge < -0.3 is 4.98 Å². The van der Waals surface area contributed by atoms with E-state index in [1.807, 2.05) is 0 Å². The average Bonchev–Trinajstić information content (AvgIpc) is 2.72. The molecule has 0 unspecified atom stereocenters. The van der Waals surface area contributed by atoms with Gasteiger partial charge in [0.2, 0.25) is 0 Å². The summed E-state index contributed by atoms with van der Waals surface area (Å²) in [5, 5.41) is 0. The van der Waals surface area contributed by atoms with Gasteiger partial charge in [0, 0.05) is 11.6 Å². The van der Waals surface area contributed by atoms with Gasteiger partial charge in [-0.1, -0.05) is 0 Å². The van der Waals surface area contributed by atoms with E-state index in [1.165, 1.54) is 18.2 Å². The van der Waals surface area contributed by atoms with Crippen LogP contribution in [0, 0.1) is 11.6 Å². The number of rotatable bonds is 1. The number of aromatic amines is 1. The van der Waals surface area contributed by atoms with Crippen LogP contribution in [0.3, 0.4) is 0 Å². The minimum absolute atomic E-state index is 0.311. The molecule has 0 saturated carbocycles. The number of H-pyrrole nitrogens is 1. The van der Waals surface area contributed by atoms with Crippen LogP contribution >= 0.6 is 0 Å². The van der Waals surface area contributed by atoms with Crippen molar-refractivity contribution < 1.29 is 8.78 Å². The van der Waals surface area contributed by atoms with Gasteiger partial charge in [0.15, 0.2) is 5.65 Å². The number of halogens is 2. The summed E-state index contributed by atoms with van der Waals surface area (Å²) in [6.45, 7) is 0. The second-order valence-electron chi connectivity index (χ2n) is 3.62. The molecule has 17 heavy (non-hydrogen) atoms. The largest absolute Gasteiger partial charge is 0.336 e. The maximum Gasteiger partial charge on any atom is 0.178 e. The summed E-state index contributed by atoms with van der Waals surface area (Å²) in [4.78, 5) is 11.0. The first-order chi connectivity index (χ1) is 8.22. The number of benzene rings is 1. The zero-order valence-electron chi connectivity index (χ0n) is 8.61. The monoisotopic (exact) mass is 231 g/mol. The van der Waals surface area contributed by atoms with Crippen LogP contribution in [-0.4, -0.2) is 15.0 Å². The molecule has 0 aliphatic heterocycles. The summed E-state index contributed by atoms with van der Waals surface area (Å²) < 4.78 is 25.7. The second kappa shape index (κ2) is 3.62. The van der Waals surface area contributed by atoms with Crippen molar-refractivity contribution in [1.82, 2.24) is 15.0 Å². The van der Waals surface area contributed by atoms with Crippen molar-refractivity contribution in [2.45, 2.75) is 0 Å². The maximum absolute atomic E-state index is 12.9. The molecule has 0 saturated heterocycles. The topological polar surface area (TPSA) is 41.6 Å². The lowest BCUT2D eigenvalue weighted by molar-refractivity contribution is 0.624. The lowest BCUT2D eigenvalue weighted by Gasteiger charge is -1.94. The fourth-order valence-corrected chi connectivity index (χ4v) is 1.62. The van der Waals surface area contributed by atoms with Gasteiger partial charge in [-0.25, -0.2) is 18.7 Å². The van der Waals surface area contributed by atoms with Crippen molar-refractivity contribution >= 4 is 11.2 Å². The van der Waals surface area contributed by atoms with Gasteiger partial charge in [-0.3, -0.25) is 0 Å². The Kier molecular flexibility index (Phi) is 2.11. The molecule has 0 aliphatic rings. The van der Waals surface area contributed by atoms with E-state index >= 15 is 0 Å². The standard InChI is InChI=1S/C12H7F2N3/c13-8-3-1-7(2-4-8)11-16-10-5-9(14)6-15-12(10)17-11/h1-6H,(H,15,16,17). The molecule has 0 aliphatic carbocycles. The predicted octanol–water partition coefficient (Wildman–Crippen LogP) is 2.90. The SMILES string of the molecule is Fc1ccc(-c2nc3ncc(F)cc3[nH]2)cc1. The Labute approximate surface area is 95.1 Å². The van der Waals surface area contributed by atoms with E-state index in [-0.39, 0.29) is 5.82 Å². The number of pyridine rings is 1. The van der Waals surface area contributed by atoms with Crippen LogP contribution in [-0.2, 0) is 0 Å². The highest BCUT2D eigenvalue weighted by molar-refractivity contribution is 5.75. The van der Waals surface area contributed by atoms with Crippen LogP contribution in [0.2, 0.25) is 0 Å². The molecular weight excluding hydrogens is 224 g/mol. The molecule has 1 N–H and O–H groups in total. The number of nitrogens with one attached hydrogen (secondary N) is 1. The van der Waals surface area contributed by atoms with E-state index in [0.29, 0.717) is 17.0 Å². The van der Waals surface area contributed by atoms with Crippen molar-refractivity contribution in [3.8, 4) is 11.4 Å². The Morgan fingerprint density at radius 1 is 1.00 bits per heavy atom. The Morgan fingerprint density at radius 2 is 1.76 bits per heavy atom. The van der Waals surface area contributed by atoms with Crippen molar-refractivity contribution in [2.75, 3.05) is 0 Å². The third kappa shape index (κ3) is 1.75. The van der Waals surface area contributed by atoms with E-state index in [2.05, 4.69) is 15.0 Å². The fraction of sp³-hybridized carbons (Fsp3) is 0. The highest BCUT2D eigenvalue weighted by Crippen LogP contribution is 2.19. The van der Waals surface area contributed by atoms with Gasteiger partial charge in [-0.05, 0) is 24.3 Å². The molecule has 0 fully saturated rings. The van der Waals surface area contributed by atoms with Crippen LogP contribution in [0.4, 0.5) is 8.78 Å². The number of aromatic nitrogens is 3. The number of nitrogens with zero attached hydrogens (tertiary/aromatic N) is 2. The Morgan fingerprint density at radius 3 is 2.53 bits per heavy atom. The van der Waals surface area contributed by atoms with Crippen LogP contribution in [0.15, 0.2) is 36.5 Å². The Bertz CT molecular complexity index is 674. The first-order valence-corrected chi connectivity index (χ1v) is 4.99. The third-order valence-electron chi connectivity index (χ3n) is 2.42. The molecule has 0 spiro atoms. The normalized spacial score (nSPS) is 10.9. The van der Waals surface area contributed by atoms with Gasteiger partial charge in [-0.15, -0.1) is 0 Å². The molecule has 84 valence electrons. The summed E-state index contributed by atoms with van der Waals surface area (Å²) in [5.74, 6) is -0.195. The van der Waals surface area contributed by atoms with Crippen LogP contribution in [0.1, 0.15) is 0 Å². The van der Waals surface area contributed by atoms with Crippen molar-refractivity contribution in [3.05, 3.63) is 48.2 Å². The van der Waals surface area contributed by atoms with Crippen molar-refractivity contribution in [2.24, 2.45) is 0 Å². The molecule has 0 amide bonds. The van der Waals surface area contributed by atoms with E-state index in [0.717, 1.165) is 11.8 Å². The predicted molar refractivity (Wildman–Crippen MR) is 59.2 cm³/mol. The molecule has 5 heteroatoms. The number of imidazole rings is 1. The van der Waals surface area contributed by atoms with Gasteiger partial charge in [0.25, 0.3) is 0 Å². The van der Waals surface area contributed by atoms with Crippen molar-refractivity contribution in [1.29, 1.82) is 0 Å². The zero-order valence-corrected chi connectivity index (χ0v) is 8.61. The van der Waals surface area contributed by atoms with Gasteiger partial charge >= 0.3 is 0 Å². The molecule has 3 aromatic rings. The molecule has 2 aromatic heterocycles. The molecule has 2 heterocycles. The molecule has 0 atom stereocenters. The smallest absolute Gasteiger partial charge is 0.178 e. The van der Waals surface area contributed by atoms with Crippen molar-refractivity contribution in [3.63, 3.8) is 0 Å². The minimum Gasteiger partial charge on any atom is -0.336 e. The van der Waals surface area contributed by atoms with Gasteiger partial charge in [0.1, 0.15) is 17.5 Å². The molecular formula is C12H7F2N3. The van der Waals surface area contributed by atoms with Crippen LogP contribution in [0.25, 0.3) is 22.6 Å². The van der Waals surface area contributed by atoms with Gasteiger partial charge in [0.05, 0.1) is 11.7 Å². The number of fused-ring (bicyclic) bond motifs is 1. The highest BCUT2D eigenvalue weighted by Gasteiger charge is 2.06. The Balaban J connectivity index is 2.14. The molecule has 3 nitrogen and oxygen atoms in total. The lowest BCUT2D eigenvalue weighted by atomic mass is 10.2. The van der Waals surface area contributed by atoms with Crippen LogP contribution < -0.4 is 0 Å². The maximum atomic E-state index is 12.9.